The number of rotatable bonds is 3. The minimum absolute atomic E-state index is 0.468. The first kappa shape index (κ1) is 11.8. The predicted octanol–water partition coefficient (Wildman–Crippen LogP) is 0.747. The Morgan fingerprint density at radius 3 is 2.12 bits per heavy atom. The lowest BCUT2D eigenvalue weighted by Crippen LogP contribution is -2.36. The standard InChI is InChI=1S/C7H7N3O6/c1-7(10(15)16)3-5(8(11)12)2-6(4-7)9(13)14/h2-3H,4H2,1H3. The van der Waals surface area contributed by atoms with Crippen LogP contribution in [0.15, 0.2) is 23.5 Å². The molecule has 0 heterocycles. The third-order valence-corrected chi connectivity index (χ3v) is 2.17. The van der Waals surface area contributed by atoms with E-state index in [1.54, 1.807) is 0 Å². The zero-order valence-electron chi connectivity index (χ0n) is 8.15. The molecule has 9 nitrogen and oxygen atoms in total. The fourth-order valence-electron chi connectivity index (χ4n) is 1.34. The molecule has 0 fully saturated rings. The van der Waals surface area contributed by atoms with E-state index in [1.807, 2.05) is 0 Å². The molecule has 0 spiro atoms. The van der Waals surface area contributed by atoms with Crippen molar-refractivity contribution in [1.82, 2.24) is 0 Å². The molecule has 16 heavy (non-hydrogen) atoms. The van der Waals surface area contributed by atoms with Gasteiger partial charge in [-0.2, -0.15) is 0 Å². The van der Waals surface area contributed by atoms with Crippen LogP contribution in [0, 0.1) is 30.3 Å². The molecule has 86 valence electrons. The highest BCUT2D eigenvalue weighted by Crippen LogP contribution is 2.29. The SMILES string of the molecule is CC1([N+](=O)[O-])C=C([N+](=O)[O-])C=C([N+](=O)[O-])C1. The maximum absolute atomic E-state index is 10.7. The van der Waals surface area contributed by atoms with Gasteiger partial charge in [-0.15, -0.1) is 0 Å². The number of nitrogens with zero attached hydrogens (tertiary/aromatic N) is 3. The molecule has 1 aliphatic rings. The molecule has 0 amide bonds. The van der Waals surface area contributed by atoms with Gasteiger partial charge in [-0.25, -0.2) is 0 Å². The van der Waals surface area contributed by atoms with Crippen LogP contribution in [0.1, 0.15) is 13.3 Å². The molecule has 9 heteroatoms. The van der Waals surface area contributed by atoms with E-state index in [0.717, 1.165) is 19.1 Å². The lowest BCUT2D eigenvalue weighted by Gasteiger charge is -2.17. The molecule has 0 aromatic heterocycles. The zero-order chi connectivity index (χ0) is 12.5. The Morgan fingerprint density at radius 1 is 1.19 bits per heavy atom. The monoisotopic (exact) mass is 229 g/mol. The molecule has 1 atom stereocenters. The third kappa shape index (κ3) is 2.02. The summed E-state index contributed by atoms with van der Waals surface area (Å²) in [5.74, 6) is 0. The molecule has 0 bridgehead atoms. The summed E-state index contributed by atoms with van der Waals surface area (Å²) in [6.45, 7) is 1.10. The second-order valence-corrected chi connectivity index (χ2v) is 3.51. The van der Waals surface area contributed by atoms with Crippen LogP contribution < -0.4 is 0 Å². The summed E-state index contributed by atoms with van der Waals surface area (Å²) < 4.78 is 0. The summed E-state index contributed by atoms with van der Waals surface area (Å²) in [6.07, 6.45) is 1.09. The summed E-state index contributed by atoms with van der Waals surface area (Å²) in [4.78, 5) is 29.2. The molecule has 0 N–H and O–H groups in total. The second-order valence-electron chi connectivity index (χ2n) is 3.51. The van der Waals surface area contributed by atoms with Crippen molar-refractivity contribution in [2.45, 2.75) is 18.9 Å². The van der Waals surface area contributed by atoms with Gasteiger partial charge < -0.3 is 0 Å². The normalized spacial score (nSPS) is 24.3. The molecule has 0 radical (unpaired) electrons. The van der Waals surface area contributed by atoms with E-state index in [4.69, 9.17) is 0 Å². The van der Waals surface area contributed by atoms with E-state index in [-0.39, 0.29) is 0 Å². The predicted molar refractivity (Wildman–Crippen MR) is 50.2 cm³/mol. The fourth-order valence-corrected chi connectivity index (χ4v) is 1.34. The number of nitro groups is 3. The van der Waals surface area contributed by atoms with Crippen LogP contribution in [0.3, 0.4) is 0 Å². The fraction of sp³-hybridized carbons (Fsp3) is 0.429. The highest BCUT2D eigenvalue weighted by molar-refractivity contribution is 5.25. The van der Waals surface area contributed by atoms with Crippen LogP contribution in [0.2, 0.25) is 0 Å². The molecule has 0 aliphatic heterocycles. The molecule has 0 saturated heterocycles. The Kier molecular flexibility index (Phi) is 2.70. The average Bonchev–Trinajstić information content (AvgIpc) is 2.16. The van der Waals surface area contributed by atoms with Gasteiger partial charge in [0, 0.05) is 11.8 Å². The topological polar surface area (TPSA) is 129 Å². The van der Waals surface area contributed by atoms with E-state index in [0.29, 0.717) is 0 Å². The molecule has 0 saturated carbocycles. The van der Waals surface area contributed by atoms with Crippen molar-refractivity contribution in [2.75, 3.05) is 0 Å². The smallest absolute Gasteiger partial charge is 0.264 e. The van der Waals surface area contributed by atoms with Crippen molar-refractivity contribution in [2.24, 2.45) is 0 Å². The van der Waals surface area contributed by atoms with Crippen LogP contribution in [0.5, 0.6) is 0 Å². The summed E-state index contributed by atoms with van der Waals surface area (Å²) in [7, 11) is 0. The van der Waals surface area contributed by atoms with Crippen molar-refractivity contribution >= 4 is 0 Å². The zero-order valence-corrected chi connectivity index (χ0v) is 8.15. The van der Waals surface area contributed by atoms with Gasteiger partial charge >= 0.3 is 0 Å². The summed E-state index contributed by atoms with van der Waals surface area (Å²) >= 11 is 0. The van der Waals surface area contributed by atoms with E-state index in [9.17, 15) is 30.3 Å². The number of allylic oxidation sites excluding steroid dienone is 1. The molecule has 0 aromatic rings. The third-order valence-electron chi connectivity index (χ3n) is 2.17. The second kappa shape index (κ2) is 3.68. The number of hydrogen-bond acceptors (Lipinski definition) is 6. The Bertz CT molecular complexity index is 439. The number of hydrogen-bond donors (Lipinski definition) is 0. The molecular weight excluding hydrogens is 222 g/mol. The van der Waals surface area contributed by atoms with Gasteiger partial charge in [0.15, 0.2) is 0 Å². The van der Waals surface area contributed by atoms with Crippen molar-refractivity contribution in [3.05, 3.63) is 53.9 Å². The molecule has 1 rings (SSSR count). The quantitative estimate of drug-likeness (QED) is 0.518. The van der Waals surface area contributed by atoms with Gasteiger partial charge in [-0.1, -0.05) is 0 Å². The first-order chi connectivity index (χ1) is 7.26. The van der Waals surface area contributed by atoms with Gasteiger partial charge in [-0.05, 0) is 0 Å². The van der Waals surface area contributed by atoms with Crippen LogP contribution in [-0.2, 0) is 0 Å². The molecule has 1 unspecified atom stereocenters. The van der Waals surface area contributed by atoms with Crippen molar-refractivity contribution < 1.29 is 14.8 Å². The van der Waals surface area contributed by atoms with Crippen molar-refractivity contribution in [3.8, 4) is 0 Å². The Morgan fingerprint density at radius 2 is 1.75 bits per heavy atom. The average molecular weight is 229 g/mol. The van der Waals surface area contributed by atoms with Crippen molar-refractivity contribution in [1.29, 1.82) is 0 Å². The Labute approximate surface area is 88.5 Å². The van der Waals surface area contributed by atoms with E-state index < -0.39 is 38.1 Å². The Balaban J connectivity index is 3.25. The maximum Gasteiger partial charge on any atom is 0.279 e. The highest BCUT2D eigenvalue weighted by atomic mass is 16.6. The summed E-state index contributed by atoms with van der Waals surface area (Å²) in [5.41, 5.74) is -2.97. The molecule has 1 aliphatic carbocycles. The minimum Gasteiger partial charge on any atom is -0.264 e. The van der Waals surface area contributed by atoms with Crippen molar-refractivity contribution in [3.63, 3.8) is 0 Å². The maximum atomic E-state index is 10.7. The van der Waals surface area contributed by atoms with Crippen LogP contribution in [0.25, 0.3) is 0 Å². The van der Waals surface area contributed by atoms with Gasteiger partial charge in [-0.3, -0.25) is 30.3 Å². The van der Waals surface area contributed by atoms with Gasteiger partial charge in [0.1, 0.15) is 6.42 Å². The van der Waals surface area contributed by atoms with Crippen LogP contribution in [0.4, 0.5) is 0 Å². The van der Waals surface area contributed by atoms with Gasteiger partial charge in [0.2, 0.25) is 0 Å². The first-order valence-corrected chi connectivity index (χ1v) is 4.13. The molecular formula is C7H7N3O6. The largest absolute Gasteiger partial charge is 0.279 e. The summed E-state index contributed by atoms with van der Waals surface area (Å²) in [5, 5.41) is 31.7. The van der Waals surface area contributed by atoms with Gasteiger partial charge in [0.05, 0.1) is 22.0 Å². The van der Waals surface area contributed by atoms with E-state index in [1.165, 1.54) is 0 Å². The first-order valence-electron chi connectivity index (χ1n) is 4.13. The minimum atomic E-state index is -1.81. The Hall–Kier alpha value is -2.32. The van der Waals surface area contributed by atoms with E-state index in [2.05, 4.69) is 0 Å². The molecule has 0 aromatic carbocycles. The van der Waals surface area contributed by atoms with E-state index >= 15 is 0 Å². The van der Waals surface area contributed by atoms with Gasteiger partial charge in [0.25, 0.3) is 16.9 Å². The lowest BCUT2D eigenvalue weighted by atomic mass is 9.91. The highest BCUT2D eigenvalue weighted by Gasteiger charge is 2.45. The van der Waals surface area contributed by atoms with Crippen LogP contribution >= 0.6 is 0 Å². The lowest BCUT2D eigenvalue weighted by molar-refractivity contribution is -0.559. The van der Waals surface area contributed by atoms with Crippen LogP contribution in [-0.4, -0.2) is 20.3 Å². The summed E-state index contributed by atoms with van der Waals surface area (Å²) in [6, 6.07) is 0.